The van der Waals surface area contributed by atoms with E-state index in [9.17, 15) is 9.59 Å². The first-order valence-corrected chi connectivity index (χ1v) is 7.42. The molecule has 2 amide bonds. The highest BCUT2D eigenvalue weighted by atomic mass is 16.5. The number of benzene rings is 1. The minimum absolute atomic E-state index is 0.0725. The van der Waals surface area contributed by atoms with E-state index in [1.807, 2.05) is 25.1 Å². The standard InChI is InChI=1S/C16H19N3O3/c1-10-4-5-13-12(7-10)15(20)14(9-17-13)19-16(21)18-8-11-3-2-6-22-11/h4-5,7,9,11H,2-3,6,8H2,1H3,(H,17,20)(H2,18,19,21). The number of ether oxygens (including phenoxy) is 1. The van der Waals surface area contributed by atoms with E-state index in [0.717, 1.165) is 30.5 Å². The number of amides is 2. The van der Waals surface area contributed by atoms with Crippen LogP contribution in [0.5, 0.6) is 0 Å². The van der Waals surface area contributed by atoms with E-state index < -0.39 is 6.03 Å². The zero-order valence-electron chi connectivity index (χ0n) is 12.4. The van der Waals surface area contributed by atoms with E-state index in [4.69, 9.17) is 4.74 Å². The van der Waals surface area contributed by atoms with Gasteiger partial charge in [0.1, 0.15) is 5.69 Å². The normalized spacial score (nSPS) is 17.6. The highest BCUT2D eigenvalue weighted by molar-refractivity contribution is 5.92. The van der Waals surface area contributed by atoms with Gasteiger partial charge in [-0.25, -0.2) is 4.79 Å². The Kier molecular flexibility index (Phi) is 4.11. The number of pyridine rings is 1. The Hall–Kier alpha value is -2.34. The molecule has 1 aromatic heterocycles. The Balaban J connectivity index is 1.71. The van der Waals surface area contributed by atoms with Gasteiger partial charge in [-0.1, -0.05) is 11.6 Å². The fraction of sp³-hybridized carbons (Fsp3) is 0.375. The van der Waals surface area contributed by atoms with Crippen LogP contribution in [0.25, 0.3) is 10.9 Å². The van der Waals surface area contributed by atoms with Gasteiger partial charge in [0.25, 0.3) is 0 Å². The number of nitrogens with one attached hydrogen (secondary N) is 3. The van der Waals surface area contributed by atoms with Gasteiger partial charge in [0.15, 0.2) is 0 Å². The maximum absolute atomic E-state index is 12.4. The van der Waals surface area contributed by atoms with Crippen LogP contribution >= 0.6 is 0 Å². The second kappa shape index (κ2) is 6.19. The number of hydrogen-bond acceptors (Lipinski definition) is 3. The van der Waals surface area contributed by atoms with E-state index in [0.29, 0.717) is 11.9 Å². The second-order valence-electron chi connectivity index (χ2n) is 5.55. The largest absolute Gasteiger partial charge is 0.376 e. The number of anilines is 1. The molecule has 3 N–H and O–H groups in total. The molecule has 116 valence electrons. The van der Waals surface area contributed by atoms with Gasteiger partial charge in [-0.05, 0) is 31.9 Å². The number of aryl methyl sites for hydroxylation is 1. The predicted octanol–water partition coefficient (Wildman–Crippen LogP) is 2.14. The van der Waals surface area contributed by atoms with Crippen LogP contribution in [0.3, 0.4) is 0 Å². The van der Waals surface area contributed by atoms with Gasteiger partial charge in [0, 0.05) is 30.3 Å². The van der Waals surface area contributed by atoms with E-state index >= 15 is 0 Å². The summed E-state index contributed by atoms with van der Waals surface area (Å²) in [5.74, 6) is 0. The molecule has 1 aliphatic heterocycles. The molecular weight excluding hydrogens is 282 g/mol. The molecule has 1 unspecified atom stereocenters. The number of carbonyl (C=O) groups is 1. The molecule has 22 heavy (non-hydrogen) atoms. The number of aromatic amines is 1. The zero-order valence-corrected chi connectivity index (χ0v) is 12.4. The number of fused-ring (bicyclic) bond motifs is 1. The van der Waals surface area contributed by atoms with Crippen LogP contribution in [0, 0.1) is 6.92 Å². The van der Waals surface area contributed by atoms with Crippen LogP contribution in [0.4, 0.5) is 10.5 Å². The molecule has 2 heterocycles. The maximum atomic E-state index is 12.4. The van der Waals surface area contributed by atoms with E-state index in [1.54, 1.807) is 0 Å². The van der Waals surface area contributed by atoms with Crippen molar-refractivity contribution in [3.8, 4) is 0 Å². The molecule has 1 aromatic carbocycles. The van der Waals surface area contributed by atoms with Crippen molar-refractivity contribution < 1.29 is 9.53 Å². The summed E-state index contributed by atoms with van der Waals surface area (Å²) < 4.78 is 5.44. The highest BCUT2D eigenvalue weighted by Crippen LogP contribution is 2.13. The van der Waals surface area contributed by atoms with Gasteiger partial charge in [-0.15, -0.1) is 0 Å². The lowest BCUT2D eigenvalue weighted by Crippen LogP contribution is -2.36. The first-order chi connectivity index (χ1) is 10.6. The summed E-state index contributed by atoms with van der Waals surface area (Å²) in [7, 11) is 0. The van der Waals surface area contributed by atoms with Crippen molar-refractivity contribution in [3.63, 3.8) is 0 Å². The van der Waals surface area contributed by atoms with Crippen molar-refractivity contribution in [2.45, 2.75) is 25.9 Å². The topological polar surface area (TPSA) is 83.2 Å². The monoisotopic (exact) mass is 301 g/mol. The minimum atomic E-state index is -0.395. The number of urea groups is 1. The van der Waals surface area contributed by atoms with Gasteiger partial charge in [0.2, 0.25) is 5.43 Å². The van der Waals surface area contributed by atoms with Crippen LogP contribution in [0.15, 0.2) is 29.2 Å². The Labute approximate surface area is 127 Å². The zero-order chi connectivity index (χ0) is 15.5. The number of H-pyrrole nitrogens is 1. The fourth-order valence-corrected chi connectivity index (χ4v) is 2.60. The van der Waals surface area contributed by atoms with Crippen LogP contribution in [-0.2, 0) is 4.74 Å². The van der Waals surface area contributed by atoms with E-state index in [1.165, 1.54) is 6.20 Å². The molecule has 0 saturated carbocycles. The molecule has 1 fully saturated rings. The third-order valence-corrected chi connectivity index (χ3v) is 3.80. The van der Waals surface area contributed by atoms with Crippen molar-refractivity contribution in [2.75, 3.05) is 18.5 Å². The van der Waals surface area contributed by atoms with Crippen LogP contribution in [-0.4, -0.2) is 30.3 Å². The summed E-state index contributed by atoms with van der Waals surface area (Å²) in [5.41, 5.74) is 1.80. The molecule has 0 bridgehead atoms. The van der Waals surface area contributed by atoms with Crippen molar-refractivity contribution in [1.82, 2.24) is 10.3 Å². The molecule has 3 rings (SSSR count). The third kappa shape index (κ3) is 3.12. The van der Waals surface area contributed by atoms with Crippen LogP contribution < -0.4 is 16.1 Å². The maximum Gasteiger partial charge on any atom is 0.319 e. The minimum Gasteiger partial charge on any atom is -0.376 e. The first kappa shape index (κ1) is 14.6. The molecule has 1 atom stereocenters. The van der Waals surface area contributed by atoms with Crippen LogP contribution in [0.1, 0.15) is 18.4 Å². The molecule has 1 aliphatic rings. The quantitative estimate of drug-likeness (QED) is 0.812. The Morgan fingerprint density at radius 3 is 3.09 bits per heavy atom. The number of aromatic nitrogens is 1. The summed E-state index contributed by atoms with van der Waals surface area (Å²) in [5, 5.41) is 5.89. The number of hydrogen-bond donors (Lipinski definition) is 3. The summed E-state index contributed by atoms with van der Waals surface area (Å²) in [6, 6.07) is 5.20. The van der Waals surface area contributed by atoms with Crippen molar-refractivity contribution in [3.05, 3.63) is 40.2 Å². The number of rotatable bonds is 3. The Morgan fingerprint density at radius 2 is 2.32 bits per heavy atom. The first-order valence-electron chi connectivity index (χ1n) is 7.42. The molecule has 0 spiro atoms. The lowest BCUT2D eigenvalue weighted by molar-refractivity contribution is 0.112. The van der Waals surface area contributed by atoms with Gasteiger partial charge in [-0.2, -0.15) is 0 Å². The molecule has 0 aliphatic carbocycles. The van der Waals surface area contributed by atoms with E-state index in [-0.39, 0.29) is 17.2 Å². The van der Waals surface area contributed by atoms with E-state index in [2.05, 4.69) is 15.6 Å². The summed E-state index contributed by atoms with van der Waals surface area (Å²) >= 11 is 0. The van der Waals surface area contributed by atoms with Crippen molar-refractivity contribution in [1.29, 1.82) is 0 Å². The summed E-state index contributed by atoms with van der Waals surface area (Å²) in [4.78, 5) is 27.3. The average molecular weight is 301 g/mol. The SMILES string of the molecule is Cc1ccc2[nH]cc(NC(=O)NCC3CCCO3)c(=O)c2c1. The number of carbonyl (C=O) groups excluding carboxylic acids is 1. The summed E-state index contributed by atoms with van der Waals surface area (Å²) in [6.07, 6.45) is 3.57. The predicted molar refractivity (Wildman–Crippen MR) is 85.3 cm³/mol. The highest BCUT2D eigenvalue weighted by Gasteiger charge is 2.16. The molecule has 6 nitrogen and oxygen atoms in total. The Bertz CT molecular complexity index is 748. The molecule has 2 aromatic rings. The van der Waals surface area contributed by atoms with Gasteiger partial charge in [-0.3, -0.25) is 4.79 Å². The molecule has 0 radical (unpaired) electrons. The average Bonchev–Trinajstić information content (AvgIpc) is 3.02. The van der Waals surface area contributed by atoms with Gasteiger partial charge in [0.05, 0.1) is 6.10 Å². The lowest BCUT2D eigenvalue weighted by atomic mass is 10.1. The van der Waals surface area contributed by atoms with Crippen LogP contribution in [0.2, 0.25) is 0 Å². The second-order valence-corrected chi connectivity index (χ2v) is 5.55. The third-order valence-electron chi connectivity index (χ3n) is 3.80. The van der Waals surface area contributed by atoms with Crippen molar-refractivity contribution in [2.24, 2.45) is 0 Å². The Morgan fingerprint density at radius 1 is 1.45 bits per heavy atom. The van der Waals surface area contributed by atoms with Gasteiger partial charge < -0.3 is 20.4 Å². The molecule has 1 saturated heterocycles. The molecular formula is C16H19N3O3. The fourth-order valence-electron chi connectivity index (χ4n) is 2.60. The smallest absolute Gasteiger partial charge is 0.319 e. The molecule has 6 heteroatoms. The van der Waals surface area contributed by atoms with Gasteiger partial charge >= 0.3 is 6.03 Å². The lowest BCUT2D eigenvalue weighted by Gasteiger charge is -2.11. The van der Waals surface area contributed by atoms with Crippen molar-refractivity contribution >= 4 is 22.6 Å². The summed E-state index contributed by atoms with van der Waals surface area (Å²) in [6.45, 7) is 3.13.